The minimum atomic E-state index is -0.480. The van der Waals surface area contributed by atoms with Gasteiger partial charge in [0.2, 0.25) is 11.8 Å². The Hall–Kier alpha value is -2.41. The van der Waals surface area contributed by atoms with Crippen molar-refractivity contribution in [1.82, 2.24) is 9.88 Å². The van der Waals surface area contributed by atoms with Gasteiger partial charge in [0.15, 0.2) is 5.13 Å². The van der Waals surface area contributed by atoms with Gasteiger partial charge in [0.05, 0.1) is 13.7 Å². The number of aromatic nitrogens is 1. The van der Waals surface area contributed by atoms with Crippen molar-refractivity contribution in [3.8, 4) is 5.75 Å². The highest BCUT2D eigenvalue weighted by molar-refractivity contribution is 7.15. The maximum atomic E-state index is 12.6. The Morgan fingerprint density at radius 2 is 2.25 bits per heavy atom. The van der Waals surface area contributed by atoms with Gasteiger partial charge >= 0.3 is 0 Å². The standard InChI is InChI=1S/C17H19N3O3S/c1-11-9-18-17(24-11)19-16(22)13-7-8-15(21)20(13)10-12-5-3-4-6-14(12)23-2/h3-6,9,13H,7-8,10H2,1-2H3,(H,18,19,22)/t13-/m0/s1. The molecule has 24 heavy (non-hydrogen) atoms. The summed E-state index contributed by atoms with van der Waals surface area (Å²) in [7, 11) is 1.60. The summed E-state index contributed by atoms with van der Waals surface area (Å²) in [6.07, 6.45) is 2.61. The number of amides is 2. The molecule has 0 spiro atoms. The average Bonchev–Trinajstić information content (AvgIpc) is 3.14. The second-order valence-corrected chi connectivity index (χ2v) is 6.89. The lowest BCUT2D eigenvalue weighted by molar-refractivity contribution is -0.133. The highest BCUT2D eigenvalue weighted by Crippen LogP contribution is 2.27. The van der Waals surface area contributed by atoms with Crippen molar-refractivity contribution in [1.29, 1.82) is 0 Å². The average molecular weight is 345 g/mol. The highest BCUT2D eigenvalue weighted by Gasteiger charge is 2.36. The number of rotatable bonds is 5. The lowest BCUT2D eigenvalue weighted by atomic mass is 10.1. The fraction of sp³-hybridized carbons (Fsp3) is 0.353. The summed E-state index contributed by atoms with van der Waals surface area (Å²) in [6, 6.07) is 7.05. The maximum absolute atomic E-state index is 12.6. The molecule has 2 heterocycles. The fourth-order valence-corrected chi connectivity index (χ4v) is 3.49. The molecule has 0 saturated carbocycles. The molecule has 0 unspecified atom stereocenters. The molecule has 2 aromatic rings. The summed E-state index contributed by atoms with van der Waals surface area (Å²) < 4.78 is 5.34. The maximum Gasteiger partial charge on any atom is 0.248 e. The Bertz CT molecular complexity index is 759. The zero-order valence-corrected chi connectivity index (χ0v) is 14.4. The predicted molar refractivity (Wildman–Crippen MR) is 92.0 cm³/mol. The van der Waals surface area contributed by atoms with Crippen LogP contribution >= 0.6 is 11.3 Å². The summed E-state index contributed by atoms with van der Waals surface area (Å²) >= 11 is 1.42. The lowest BCUT2D eigenvalue weighted by Gasteiger charge is -2.24. The lowest BCUT2D eigenvalue weighted by Crippen LogP contribution is -2.41. The van der Waals surface area contributed by atoms with Gasteiger partial charge in [-0.3, -0.25) is 9.59 Å². The van der Waals surface area contributed by atoms with Gasteiger partial charge < -0.3 is 15.0 Å². The van der Waals surface area contributed by atoms with Crippen LogP contribution in [0.5, 0.6) is 5.75 Å². The van der Waals surface area contributed by atoms with E-state index in [-0.39, 0.29) is 11.8 Å². The third-order valence-electron chi connectivity index (χ3n) is 4.02. The van der Waals surface area contributed by atoms with Crippen LogP contribution in [0.4, 0.5) is 5.13 Å². The molecule has 0 bridgehead atoms. The highest BCUT2D eigenvalue weighted by atomic mass is 32.1. The molecule has 1 N–H and O–H groups in total. The van der Waals surface area contributed by atoms with E-state index in [1.807, 2.05) is 31.2 Å². The predicted octanol–water partition coefficient (Wildman–Crippen LogP) is 2.59. The number of thiazole rings is 1. The van der Waals surface area contributed by atoms with E-state index >= 15 is 0 Å². The van der Waals surface area contributed by atoms with Crippen LogP contribution in [0.2, 0.25) is 0 Å². The molecule has 7 heteroatoms. The summed E-state index contributed by atoms with van der Waals surface area (Å²) in [6.45, 7) is 2.29. The SMILES string of the molecule is COc1ccccc1CN1C(=O)CC[C@H]1C(=O)Nc1ncc(C)s1. The van der Waals surface area contributed by atoms with E-state index in [0.717, 1.165) is 10.4 Å². The van der Waals surface area contributed by atoms with Crippen molar-refractivity contribution in [2.75, 3.05) is 12.4 Å². The van der Waals surface area contributed by atoms with Crippen LogP contribution in [0.25, 0.3) is 0 Å². The summed E-state index contributed by atoms with van der Waals surface area (Å²) in [5.41, 5.74) is 0.887. The number of ether oxygens (including phenoxy) is 1. The molecule has 1 atom stereocenters. The first-order chi connectivity index (χ1) is 11.6. The van der Waals surface area contributed by atoms with Gasteiger partial charge in [-0.15, -0.1) is 11.3 Å². The number of likely N-dealkylation sites (tertiary alicyclic amines) is 1. The number of benzene rings is 1. The van der Waals surface area contributed by atoms with Crippen LogP contribution < -0.4 is 10.1 Å². The van der Waals surface area contributed by atoms with Crippen LogP contribution in [0, 0.1) is 6.92 Å². The fourth-order valence-electron chi connectivity index (χ4n) is 2.82. The number of nitrogens with zero attached hydrogens (tertiary/aromatic N) is 2. The van der Waals surface area contributed by atoms with Gasteiger partial charge in [0.1, 0.15) is 11.8 Å². The smallest absolute Gasteiger partial charge is 0.248 e. The Kier molecular flexibility index (Phi) is 4.80. The third kappa shape index (κ3) is 3.41. The van der Waals surface area contributed by atoms with E-state index in [1.165, 1.54) is 11.3 Å². The number of methoxy groups -OCH3 is 1. The summed E-state index contributed by atoms with van der Waals surface area (Å²) in [5.74, 6) is 0.508. The first kappa shape index (κ1) is 16.4. The van der Waals surface area contributed by atoms with E-state index in [9.17, 15) is 9.59 Å². The molecule has 0 radical (unpaired) electrons. The van der Waals surface area contributed by atoms with Crippen molar-refractivity contribution in [3.63, 3.8) is 0 Å². The second kappa shape index (κ2) is 7.00. The number of carbonyl (C=O) groups excluding carboxylic acids is 2. The molecule has 2 amide bonds. The minimum Gasteiger partial charge on any atom is -0.496 e. The Morgan fingerprint density at radius 3 is 2.96 bits per heavy atom. The Morgan fingerprint density at radius 1 is 1.46 bits per heavy atom. The number of para-hydroxylation sites is 1. The number of carbonyl (C=O) groups is 2. The Balaban J connectivity index is 1.75. The number of aryl methyl sites for hydroxylation is 1. The van der Waals surface area contributed by atoms with Gasteiger partial charge in [-0.2, -0.15) is 0 Å². The van der Waals surface area contributed by atoms with Gasteiger partial charge in [-0.1, -0.05) is 18.2 Å². The van der Waals surface area contributed by atoms with Crippen LogP contribution in [0.3, 0.4) is 0 Å². The van der Waals surface area contributed by atoms with Crippen molar-refractivity contribution in [2.45, 2.75) is 32.4 Å². The van der Waals surface area contributed by atoms with Crippen LogP contribution in [0.15, 0.2) is 30.5 Å². The van der Waals surface area contributed by atoms with Crippen molar-refractivity contribution in [2.24, 2.45) is 0 Å². The van der Waals surface area contributed by atoms with Gasteiger partial charge in [-0.05, 0) is 19.4 Å². The topological polar surface area (TPSA) is 71.5 Å². The van der Waals surface area contributed by atoms with E-state index in [4.69, 9.17) is 4.74 Å². The molecule has 6 nitrogen and oxygen atoms in total. The number of hydrogen-bond acceptors (Lipinski definition) is 5. The molecule has 1 aromatic carbocycles. The molecule has 3 rings (SSSR count). The third-order valence-corrected chi connectivity index (χ3v) is 4.84. The normalized spacial score (nSPS) is 17.2. The Labute approximate surface area is 144 Å². The molecule has 1 aliphatic heterocycles. The summed E-state index contributed by atoms with van der Waals surface area (Å²) in [5, 5.41) is 3.38. The van der Waals surface area contributed by atoms with Crippen LogP contribution in [-0.2, 0) is 16.1 Å². The first-order valence-electron chi connectivity index (χ1n) is 7.73. The zero-order valence-electron chi connectivity index (χ0n) is 13.6. The molecule has 1 fully saturated rings. The van der Waals surface area contributed by atoms with Gasteiger partial charge in [0, 0.05) is 23.1 Å². The molecule has 1 saturated heterocycles. The number of nitrogens with one attached hydrogen (secondary N) is 1. The van der Waals surface area contributed by atoms with E-state index in [2.05, 4.69) is 10.3 Å². The second-order valence-electron chi connectivity index (χ2n) is 5.65. The van der Waals surface area contributed by atoms with Crippen molar-refractivity contribution >= 4 is 28.3 Å². The molecular weight excluding hydrogens is 326 g/mol. The zero-order chi connectivity index (χ0) is 17.1. The van der Waals surface area contributed by atoms with Crippen molar-refractivity contribution < 1.29 is 14.3 Å². The molecule has 1 aliphatic rings. The number of hydrogen-bond donors (Lipinski definition) is 1. The quantitative estimate of drug-likeness (QED) is 0.904. The number of anilines is 1. The van der Waals surface area contributed by atoms with E-state index in [0.29, 0.717) is 30.3 Å². The van der Waals surface area contributed by atoms with Crippen LogP contribution in [-0.4, -0.2) is 34.8 Å². The van der Waals surface area contributed by atoms with E-state index < -0.39 is 6.04 Å². The molecule has 0 aliphatic carbocycles. The van der Waals surface area contributed by atoms with Gasteiger partial charge in [0.25, 0.3) is 0 Å². The first-order valence-corrected chi connectivity index (χ1v) is 8.55. The van der Waals surface area contributed by atoms with Crippen molar-refractivity contribution in [3.05, 3.63) is 40.9 Å². The summed E-state index contributed by atoms with van der Waals surface area (Å²) in [4.78, 5) is 31.6. The van der Waals surface area contributed by atoms with Crippen LogP contribution in [0.1, 0.15) is 23.3 Å². The molecule has 126 valence electrons. The van der Waals surface area contributed by atoms with Gasteiger partial charge in [-0.25, -0.2) is 4.98 Å². The monoisotopic (exact) mass is 345 g/mol. The minimum absolute atomic E-state index is 0.0172. The largest absolute Gasteiger partial charge is 0.496 e. The van der Waals surface area contributed by atoms with E-state index in [1.54, 1.807) is 18.2 Å². The molecule has 1 aromatic heterocycles. The molecular formula is C17H19N3O3S.